The van der Waals surface area contributed by atoms with Crippen molar-refractivity contribution < 1.29 is 77.5 Å². The van der Waals surface area contributed by atoms with Gasteiger partial charge in [-0.05, 0) is 6.07 Å². The van der Waals surface area contributed by atoms with Gasteiger partial charge in [-0.1, -0.05) is 0 Å². The number of rotatable bonds is 3. The van der Waals surface area contributed by atoms with E-state index < -0.39 is 36.3 Å². The Balaban J connectivity index is 0.00000324. The maximum absolute atomic E-state index is 12.3. The minimum Gasteiger partial charge on any atom is -0.445 e. The fourth-order valence-electron chi connectivity index (χ4n) is 1.14. The molecule has 1 rings (SSSR count). The monoisotopic (exact) mass is 309 g/mol. The third kappa shape index (κ3) is 5.46. The third-order valence-electron chi connectivity index (χ3n) is 2.15. The van der Waals surface area contributed by atoms with Gasteiger partial charge in [0.05, 0.1) is 5.56 Å². The van der Waals surface area contributed by atoms with E-state index in [2.05, 4.69) is 6.58 Å². The fraction of sp³-hybridized carbons (Fsp3) is 0.222. The van der Waals surface area contributed by atoms with E-state index in [1.54, 1.807) is 0 Å². The van der Waals surface area contributed by atoms with Crippen molar-refractivity contribution in [3.63, 3.8) is 0 Å². The predicted octanol–water partition coefficient (Wildman–Crippen LogP) is -0.186. The SMILES string of the molecule is C=C(Cn1cc(C(F)(F)F)ccc1=O)[B-](F)(F)F.[K+]. The first-order valence-corrected chi connectivity index (χ1v) is 4.67. The summed E-state index contributed by atoms with van der Waals surface area (Å²) < 4.78 is 74.0. The summed E-state index contributed by atoms with van der Waals surface area (Å²) >= 11 is 0. The number of hydrogen-bond acceptors (Lipinski definition) is 1. The Bertz CT molecular complexity index is 521. The van der Waals surface area contributed by atoms with Gasteiger partial charge in [-0.3, -0.25) is 4.79 Å². The average Bonchev–Trinajstić information content (AvgIpc) is 2.18. The fourth-order valence-corrected chi connectivity index (χ4v) is 1.14. The van der Waals surface area contributed by atoms with E-state index in [0.29, 0.717) is 22.9 Å². The molecular weight excluding hydrogens is 302 g/mol. The van der Waals surface area contributed by atoms with Crippen molar-refractivity contribution in [2.75, 3.05) is 0 Å². The van der Waals surface area contributed by atoms with Gasteiger partial charge in [0, 0.05) is 18.8 Å². The number of hydrogen-bond donors (Lipinski definition) is 0. The van der Waals surface area contributed by atoms with Crippen LogP contribution in [0.2, 0.25) is 0 Å². The number of pyridine rings is 1. The molecule has 1 aromatic rings. The molecular formula is C9H7BF6KNO. The molecule has 0 fully saturated rings. The second-order valence-electron chi connectivity index (χ2n) is 3.61. The predicted molar refractivity (Wildman–Crippen MR) is 53.9 cm³/mol. The largest absolute Gasteiger partial charge is 1.00 e. The molecule has 0 bridgehead atoms. The van der Waals surface area contributed by atoms with E-state index in [1.165, 1.54) is 0 Å². The molecule has 0 N–H and O–H groups in total. The Morgan fingerprint density at radius 3 is 2.21 bits per heavy atom. The van der Waals surface area contributed by atoms with Gasteiger partial charge < -0.3 is 17.5 Å². The van der Waals surface area contributed by atoms with E-state index in [9.17, 15) is 30.9 Å². The van der Waals surface area contributed by atoms with Crippen LogP contribution >= 0.6 is 0 Å². The zero-order chi connectivity index (χ0) is 14.1. The molecule has 0 aliphatic rings. The summed E-state index contributed by atoms with van der Waals surface area (Å²) in [6.07, 6.45) is -4.38. The molecule has 1 heterocycles. The van der Waals surface area contributed by atoms with Gasteiger partial charge in [-0.25, -0.2) is 0 Å². The summed E-state index contributed by atoms with van der Waals surface area (Å²) in [4.78, 5) is 11.2. The first-order chi connectivity index (χ1) is 8.01. The number of halogens is 6. The zero-order valence-electron chi connectivity index (χ0n) is 9.85. The van der Waals surface area contributed by atoms with Gasteiger partial charge in [0.25, 0.3) is 5.56 Å². The zero-order valence-corrected chi connectivity index (χ0v) is 13.0. The standard InChI is InChI=1S/C9H7BF6NO.K/c1-6(10(14,15)16)4-17-5-7(9(11,12)13)2-3-8(17)18;/h2-3,5H,1,4H2;/q-1;+1. The van der Waals surface area contributed by atoms with Crippen molar-refractivity contribution in [3.05, 3.63) is 46.3 Å². The minimum absolute atomic E-state index is 0. The van der Waals surface area contributed by atoms with Crippen LogP contribution in [0.15, 0.2) is 35.2 Å². The van der Waals surface area contributed by atoms with Crippen molar-refractivity contribution in [1.29, 1.82) is 0 Å². The molecule has 10 heteroatoms. The van der Waals surface area contributed by atoms with Crippen LogP contribution in [0.5, 0.6) is 0 Å². The van der Waals surface area contributed by atoms with Gasteiger partial charge in [-0.2, -0.15) is 13.2 Å². The molecule has 2 nitrogen and oxygen atoms in total. The van der Waals surface area contributed by atoms with Crippen LogP contribution in [0.25, 0.3) is 0 Å². The molecule has 100 valence electrons. The Morgan fingerprint density at radius 1 is 1.26 bits per heavy atom. The number of nitrogens with zero attached hydrogens (tertiary/aromatic N) is 1. The number of allylic oxidation sites excluding steroid dienone is 1. The second-order valence-corrected chi connectivity index (χ2v) is 3.61. The van der Waals surface area contributed by atoms with E-state index in [0.717, 1.165) is 0 Å². The maximum Gasteiger partial charge on any atom is 1.00 e. The third-order valence-corrected chi connectivity index (χ3v) is 2.15. The average molecular weight is 309 g/mol. The first kappa shape index (κ1) is 19.0. The van der Waals surface area contributed by atoms with Crippen LogP contribution in [0.1, 0.15) is 5.56 Å². The van der Waals surface area contributed by atoms with Gasteiger partial charge in [0.15, 0.2) is 0 Å². The molecule has 0 aliphatic heterocycles. The van der Waals surface area contributed by atoms with Gasteiger partial charge in [-0.15, -0.1) is 12.1 Å². The Labute approximate surface area is 147 Å². The van der Waals surface area contributed by atoms with Gasteiger partial charge >= 0.3 is 64.5 Å². The van der Waals surface area contributed by atoms with Crippen LogP contribution < -0.4 is 56.9 Å². The van der Waals surface area contributed by atoms with Crippen LogP contribution in [0, 0.1) is 0 Å². The first-order valence-electron chi connectivity index (χ1n) is 4.67. The maximum atomic E-state index is 12.3. The molecule has 0 aliphatic carbocycles. The molecule has 19 heavy (non-hydrogen) atoms. The van der Waals surface area contributed by atoms with Crippen LogP contribution in [0.4, 0.5) is 26.1 Å². The number of alkyl halides is 3. The van der Waals surface area contributed by atoms with E-state index in [-0.39, 0.29) is 51.4 Å². The van der Waals surface area contributed by atoms with E-state index in [1.807, 2.05) is 0 Å². The summed E-state index contributed by atoms with van der Waals surface area (Å²) in [5, 5.41) is 0. The Kier molecular flexibility index (Phi) is 6.61. The normalized spacial score (nSPS) is 11.9. The molecule has 0 aromatic carbocycles. The molecule has 0 saturated carbocycles. The van der Waals surface area contributed by atoms with Crippen molar-refractivity contribution in [2.45, 2.75) is 12.7 Å². The van der Waals surface area contributed by atoms with Crippen LogP contribution in [-0.2, 0) is 12.7 Å². The summed E-state index contributed by atoms with van der Waals surface area (Å²) in [5.41, 5.74) is -3.38. The second kappa shape index (κ2) is 6.62. The van der Waals surface area contributed by atoms with Gasteiger partial charge in [0.1, 0.15) is 0 Å². The molecule has 0 atom stereocenters. The molecule has 0 saturated heterocycles. The Morgan fingerprint density at radius 2 is 1.79 bits per heavy atom. The van der Waals surface area contributed by atoms with Crippen LogP contribution in [-0.4, -0.2) is 11.5 Å². The van der Waals surface area contributed by atoms with E-state index in [4.69, 9.17) is 0 Å². The smallest absolute Gasteiger partial charge is 0.445 e. The molecule has 0 unspecified atom stereocenters. The van der Waals surface area contributed by atoms with Crippen molar-refractivity contribution >= 4 is 6.98 Å². The quantitative estimate of drug-likeness (QED) is 0.561. The molecule has 0 spiro atoms. The summed E-state index contributed by atoms with van der Waals surface area (Å²) in [5.74, 6) is 0. The van der Waals surface area contributed by atoms with Crippen molar-refractivity contribution in [3.8, 4) is 0 Å². The molecule has 1 aromatic heterocycles. The van der Waals surface area contributed by atoms with Crippen molar-refractivity contribution in [1.82, 2.24) is 4.57 Å². The number of aromatic nitrogens is 1. The van der Waals surface area contributed by atoms with Crippen LogP contribution in [0.3, 0.4) is 0 Å². The summed E-state index contributed by atoms with van der Waals surface area (Å²) in [6, 6.07) is 1.08. The topological polar surface area (TPSA) is 22.0 Å². The summed E-state index contributed by atoms with van der Waals surface area (Å²) in [7, 11) is 0. The Hall–Kier alpha value is -0.0287. The minimum atomic E-state index is -5.39. The van der Waals surface area contributed by atoms with Gasteiger partial charge in [0.2, 0.25) is 0 Å². The van der Waals surface area contributed by atoms with Crippen molar-refractivity contribution in [2.24, 2.45) is 0 Å². The molecule has 0 radical (unpaired) electrons. The van der Waals surface area contributed by atoms with E-state index >= 15 is 0 Å². The molecule has 0 amide bonds. The summed E-state index contributed by atoms with van der Waals surface area (Å²) in [6.45, 7) is -3.68.